The molecule has 0 fully saturated rings. The molecule has 6 nitrogen and oxygen atoms in total. The number of sulfonamides is 1. The Morgan fingerprint density at radius 3 is 2.44 bits per heavy atom. The van der Waals surface area contributed by atoms with Crippen LogP contribution < -0.4 is 10.5 Å². The van der Waals surface area contributed by atoms with Gasteiger partial charge in [-0.15, -0.1) is 0 Å². The maximum absolute atomic E-state index is 11.0. The zero-order valence-electron chi connectivity index (χ0n) is 10.6. The van der Waals surface area contributed by atoms with Crippen molar-refractivity contribution in [3.8, 4) is 0 Å². The molecule has 4 N–H and O–H groups in total. The standard InChI is InChI=1S/C11H20N2O4S/c1-3-11(14,4-2)8-13-7-9-5-6-10(17-9)18(12,15)16/h5-6,13-14H,3-4,7-8H2,1-2H3,(H2,12,15,16). The summed E-state index contributed by atoms with van der Waals surface area (Å²) in [5.41, 5.74) is -0.741. The van der Waals surface area contributed by atoms with Crippen LogP contribution in [0.25, 0.3) is 0 Å². The van der Waals surface area contributed by atoms with Crippen LogP contribution in [-0.2, 0) is 16.6 Å². The minimum Gasteiger partial charge on any atom is -0.447 e. The predicted molar refractivity (Wildman–Crippen MR) is 67.3 cm³/mol. The van der Waals surface area contributed by atoms with Crippen molar-refractivity contribution >= 4 is 10.0 Å². The monoisotopic (exact) mass is 276 g/mol. The summed E-state index contributed by atoms with van der Waals surface area (Å²) >= 11 is 0. The topological polar surface area (TPSA) is 106 Å². The third-order valence-electron chi connectivity index (χ3n) is 2.99. The Morgan fingerprint density at radius 2 is 2.00 bits per heavy atom. The second kappa shape index (κ2) is 5.83. The molecule has 1 aromatic heterocycles. The van der Waals surface area contributed by atoms with Crippen LogP contribution in [0.4, 0.5) is 0 Å². The van der Waals surface area contributed by atoms with Gasteiger partial charge in [-0.05, 0) is 25.0 Å². The smallest absolute Gasteiger partial charge is 0.271 e. The van der Waals surface area contributed by atoms with Crippen molar-refractivity contribution in [3.05, 3.63) is 17.9 Å². The first-order chi connectivity index (χ1) is 8.30. The summed E-state index contributed by atoms with van der Waals surface area (Å²) < 4.78 is 27.1. The van der Waals surface area contributed by atoms with E-state index in [2.05, 4.69) is 5.32 Å². The van der Waals surface area contributed by atoms with Crippen molar-refractivity contribution in [2.75, 3.05) is 6.54 Å². The zero-order valence-corrected chi connectivity index (χ0v) is 11.5. The van der Waals surface area contributed by atoms with Gasteiger partial charge in [0.2, 0.25) is 5.09 Å². The van der Waals surface area contributed by atoms with E-state index >= 15 is 0 Å². The summed E-state index contributed by atoms with van der Waals surface area (Å²) in [6.45, 7) is 4.59. The molecule has 0 amide bonds. The van der Waals surface area contributed by atoms with Gasteiger partial charge in [0.15, 0.2) is 0 Å². The molecule has 0 bridgehead atoms. The SMILES string of the molecule is CCC(O)(CC)CNCc1ccc(S(N)(=O)=O)o1. The fraction of sp³-hybridized carbons (Fsp3) is 0.636. The summed E-state index contributed by atoms with van der Waals surface area (Å²) in [6.07, 6.45) is 1.30. The Bertz CT molecular complexity index is 477. The van der Waals surface area contributed by atoms with Gasteiger partial charge in [-0.3, -0.25) is 0 Å². The first-order valence-corrected chi connectivity index (χ1v) is 7.40. The van der Waals surface area contributed by atoms with E-state index in [0.717, 1.165) is 0 Å². The number of hydrogen-bond donors (Lipinski definition) is 3. The van der Waals surface area contributed by atoms with E-state index in [-0.39, 0.29) is 5.09 Å². The van der Waals surface area contributed by atoms with Gasteiger partial charge >= 0.3 is 0 Å². The molecular formula is C11H20N2O4S. The molecule has 0 radical (unpaired) electrons. The predicted octanol–water partition coefficient (Wildman–Crippen LogP) is 0.568. The number of rotatable bonds is 7. The van der Waals surface area contributed by atoms with Crippen LogP contribution in [0.5, 0.6) is 0 Å². The van der Waals surface area contributed by atoms with E-state index in [4.69, 9.17) is 9.56 Å². The largest absolute Gasteiger partial charge is 0.447 e. The lowest BCUT2D eigenvalue weighted by atomic mass is 9.98. The first-order valence-electron chi connectivity index (χ1n) is 5.85. The number of nitrogens with two attached hydrogens (primary N) is 1. The molecule has 0 spiro atoms. The van der Waals surface area contributed by atoms with E-state index in [1.807, 2.05) is 13.8 Å². The molecule has 18 heavy (non-hydrogen) atoms. The highest BCUT2D eigenvalue weighted by molar-refractivity contribution is 7.89. The lowest BCUT2D eigenvalue weighted by Gasteiger charge is -2.25. The lowest BCUT2D eigenvalue weighted by Crippen LogP contribution is -2.39. The van der Waals surface area contributed by atoms with Gasteiger partial charge in [0.25, 0.3) is 10.0 Å². The van der Waals surface area contributed by atoms with Crippen LogP contribution in [0.15, 0.2) is 21.6 Å². The Balaban J connectivity index is 2.53. The maximum atomic E-state index is 11.0. The highest BCUT2D eigenvalue weighted by atomic mass is 32.2. The minimum absolute atomic E-state index is 0.249. The van der Waals surface area contributed by atoms with Crippen LogP contribution in [0.3, 0.4) is 0 Å². The highest BCUT2D eigenvalue weighted by Crippen LogP contribution is 2.14. The molecule has 1 heterocycles. The molecule has 7 heteroatoms. The van der Waals surface area contributed by atoms with E-state index in [1.54, 1.807) is 6.07 Å². The molecule has 1 aromatic rings. The summed E-state index contributed by atoms with van der Waals surface area (Å²) in [5, 5.41) is 17.7. The van der Waals surface area contributed by atoms with Gasteiger partial charge in [0.1, 0.15) is 5.76 Å². The third kappa shape index (κ3) is 4.09. The van der Waals surface area contributed by atoms with Crippen LogP contribution >= 0.6 is 0 Å². The molecule has 0 atom stereocenters. The van der Waals surface area contributed by atoms with E-state index in [9.17, 15) is 13.5 Å². The summed E-state index contributed by atoms with van der Waals surface area (Å²) in [6, 6.07) is 2.86. The van der Waals surface area contributed by atoms with E-state index in [0.29, 0.717) is 31.7 Å². The second-order valence-corrected chi connectivity index (χ2v) is 5.79. The maximum Gasteiger partial charge on any atom is 0.271 e. The number of aliphatic hydroxyl groups is 1. The molecule has 0 aliphatic carbocycles. The quantitative estimate of drug-likeness (QED) is 0.675. The van der Waals surface area contributed by atoms with Crippen molar-refractivity contribution in [2.24, 2.45) is 5.14 Å². The number of furan rings is 1. The Hall–Kier alpha value is -0.890. The average Bonchev–Trinajstić information content (AvgIpc) is 2.77. The molecule has 0 aliphatic rings. The second-order valence-electron chi connectivity index (χ2n) is 4.30. The van der Waals surface area contributed by atoms with Crippen molar-refractivity contribution in [1.82, 2.24) is 5.32 Å². The number of hydrogen-bond acceptors (Lipinski definition) is 5. The van der Waals surface area contributed by atoms with Crippen LogP contribution in [0.2, 0.25) is 0 Å². The molecule has 0 unspecified atom stereocenters. The van der Waals surface area contributed by atoms with Crippen LogP contribution in [0, 0.1) is 0 Å². The van der Waals surface area contributed by atoms with Gasteiger partial charge in [-0.25, -0.2) is 13.6 Å². The number of nitrogens with one attached hydrogen (secondary N) is 1. The molecule has 0 saturated heterocycles. The average molecular weight is 276 g/mol. The molecule has 104 valence electrons. The third-order valence-corrected chi connectivity index (χ3v) is 3.77. The van der Waals surface area contributed by atoms with Crippen molar-refractivity contribution in [1.29, 1.82) is 0 Å². The molecule has 0 saturated carbocycles. The molecular weight excluding hydrogens is 256 g/mol. The summed E-state index contributed by atoms with van der Waals surface area (Å²) in [5.74, 6) is 0.466. The van der Waals surface area contributed by atoms with E-state index < -0.39 is 15.6 Å². The fourth-order valence-corrected chi connectivity index (χ4v) is 2.01. The molecule has 1 rings (SSSR count). The zero-order chi connectivity index (χ0) is 13.8. The Kier molecular flexibility index (Phi) is 4.92. The van der Waals surface area contributed by atoms with E-state index in [1.165, 1.54) is 6.07 Å². The highest BCUT2D eigenvalue weighted by Gasteiger charge is 2.21. The first kappa shape index (κ1) is 15.2. The Morgan fingerprint density at radius 1 is 1.39 bits per heavy atom. The molecule has 0 aliphatic heterocycles. The normalized spacial score (nSPS) is 12.9. The van der Waals surface area contributed by atoms with Gasteiger partial charge in [0, 0.05) is 6.54 Å². The minimum atomic E-state index is -3.79. The van der Waals surface area contributed by atoms with Gasteiger partial charge < -0.3 is 14.8 Å². The van der Waals surface area contributed by atoms with Gasteiger partial charge in [0.05, 0.1) is 12.1 Å². The fourth-order valence-electron chi connectivity index (χ4n) is 1.52. The van der Waals surface area contributed by atoms with Crippen LogP contribution in [0.1, 0.15) is 32.4 Å². The van der Waals surface area contributed by atoms with Crippen molar-refractivity contribution in [2.45, 2.75) is 43.9 Å². The number of primary sulfonamides is 1. The Labute approximate surface area is 107 Å². The van der Waals surface area contributed by atoms with Gasteiger partial charge in [-0.2, -0.15) is 0 Å². The molecule has 0 aromatic carbocycles. The van der Waals surface area contributed by atoms with Crippen molar-refractivity contribution in [3.63, 3.8) is 0 Å². The lowest BCUT2D eigenvalue weighted by molar-refractivity contribution is 0.0318. The van der Waals surface area contributed by atoms with Gasteiger partial charge in [-0.1, -0.05) is 13.8 Å². The van der Waals surface area contributed by atoms with Crippen molar-refractivity contribution < 1.29 is 17.9 Å². The summed E-state index contributed by atoms with van der Waals surface area (Å²) in [4.78, 5) is 0. The van der Waals surface area contributed by atoms with Crippen LogP contribution in [-0.4, -0.2) is 25.7 Å². The summed E-state index contributed by atoms with van der Waals surface area (Å²) in [7, 11) is -3.79.